The maximum atomic E-state index is 9.75. The molecule has 0 spiro atoms. The van der Waals surface area contributed by atoms with Crippen LogP contribution in [0.3, 0.4) is 0 Å². The third-order valence-electron chi connectivity index (χ3n) is 5.87. The molecule has 2 aliphatic rings. The Balaban J connectivity index is 1.53. The van der Waals surface area contributed by atoms with E-state index in [-0.39, 0.29) is 11.8 Å². The van der Waals surface area contributed by atoms with Gasteiger partial charge < -0.3 is 20.1 Å². The first-order valence-corrected chi connectivity index (χ1v) is 10.4. The van der Waals surface area contributed by atoms with Crippen molar-refractivity contribution < 1.29 is 9.84 Å². The van der Waals surface area contributed by atoms with Gasteiger partial charge >= 0.3 is 0 Å². The number of phenols is 1. The van der Waals surface area contributed by atoms with Crippen LogP contribution >= 0.6 is 0 Å². The first-order chi connectivity index (χ1) is 15.1. The average Bonchev–Trinajstić information content (AvgIpc) is 3.13. The Hall–Kier alpha value is -3.63. The Kier molecular flexibility index (Phi) is 4.92. The van der Waals surface area contributed by atoms with Crippen LogP contribution in [-0.4, -0.2) is 27.7 Å². The highest BCUT2D eigenvalue weighted by molar-refractivity contribution is 5.71. The fourth-order valence-corrected chi connectivity index (χ4v) is 4.37. The van der Waals surface area contributed by atoms with Crippen LogP contribution in [0.1, 0.15) is 34.9 Å². The van der Waals surface area contributed by atoms with E-state index in [1.54, 1.807) is 12.1 Å². The number of aromatic hydroxyl groups is 1. The van der Waals surface area contributed by atoms with Crippen LogP contribution in [0.25, 0.3) is 0 Å². The summed E-state index contributed by atoms with van der Waals surface area (Å²) in [6.07, 6.45) is 1.52. The second-order valence-corrected chi connectivity index (χ2v) is 7.96. The smallest absolute Gasteiger partial charge is 0.232 e. The van der Waals surface area contributed by atoms with Crippen molar-refractivity contribution in [1.82, 2.24) is 9.97 Å². The van der Waals surface area contributed by atoms with E-state index in [4.69, 9.17) is 14.7 Å². The van der Waals surface area contributed by atoms with Crippen molar-refractivity contribution in [1.29, 1.82) is 5.26 Å². The minimum atomic E-state index is 0.154. The van der Waals surface area contributed by atoms with E-state index in [0.717, 1.165) is 46.7 Å². The number of anilines is 3. The number of nitrogens with one attached hydrogen (secondary N) is 1. The van der Waals surface area contributed by atoms with Crippen molar-refractivity contribution >= 4 is 17.5 Å². The third kappa shape index (κ3) is 3.56. The lowest BCUT2D eigenvalue weighted by molar-refractivity contribution is 0.109. The normalized spacial score (nSPS) is 17.0. The van der Waals surface area contributed by atoms with Gasteiger partial charge in [0.25, 0.3) is 0 Å². The lowest BCUT2D eigenvalue weighted by Gasteiger charge is -2.26. The van der Waals surface area contributed by atoms with Crippen molar-refractivity contribution in [2.45, 2.75) is 39.0 Å². The van der Waals surface area contributed by atoms with Crippen LogP contribution in [0, 0.1) is 11.3 Å². The first-order valence-electron chi connectivity index (χ1n) is 10.4. The molecule has 31 heavy (non-hydrogen) atoms. The zero-order valence-electron chi connectivity index (χ0n) is 17.3. The van der Waals surface area contributed by atoms with E-state index in [0.29, 0.717) is 31.3 Å². The summed E-state index contributed by atoms with van der Waals surface area (Å²) in [5, 5.41) is 22.7. The van der Waals surface area contributed by atoms with Crippen molar-refractivity contribution in [2.24, 2.45) is 0 Å². The predicted molar refractivity (Wildman–Crippen MR) is 117 cm³/mol. The molecule has 1 aromatic heterocycles. The summed E-state index contributed by atoms with van der Waals surface area (Å²) in [5.41, 5.74) is 5.69. The molecular formula is C24H23N5O2. The largest absolute Gasteiger partial charge is 0.508 e. The molecule has 7 heteroatoms. The molecule has 0 bridgehead atoms. The second-order valence-electron chi connectivity index (χ2n) is 7.96. The molecule has 0 aliphatic carbocycles. The number of nitrogens with zero attached hydrogens (tertiary/aromatic N) is 4. The van der Waals surface area contributed by atoms with Gasteiger partial charge in [-0.2, -0.15) is 10.2 Å². The number of phenolic OH excluding ortho intramolecular Hbond substituents is 1. The highest BCUT2D eigenvalue weighted by Crippen LogP contribution is 2.39. The number of benzene rings is 2. The summed E-state index contributed by atoms with van der Waals surface area (Å²) < 4.78 is 5.67. The Labute approximate surface area is 181 Å². The van der Waals surface area contributed by atoms with Crippen LogP contribution in [0.4, 0.5) is 17.5 Å². The molecule has 0 fully saturated rings. The summed E-state index contributed by atoms with van der Waals surface area (Å²) in [4.78, 5) is 11.9. The fraction of sp³-hybridized carbons (Fsp3) is 0.292. The molecule has 0 radical (unpaired) electrons. The molecule has 2 N–H and O–H groups in total. The van der Waals surface area contributed by atoms with Gasteiger partial charge in [-0.05, 0) is 48.7 Å². The van der Waals surface area contributed by atoms with Crippen molar-refractivity contribution in [2.75, 3.05) is 16.8 Å². The molecule has 7 nitrogen and oxygen atoms in total. The summed E-state index contributed by atoms with van der Waals surface area (Å²) in [7, 11) is 0. The Morgan fingerprint density at radius 2 is 2.10 bits per heavy atom. The van der Waals surface area contributed by atoms with Gasteiger partial charge in [-0.1, -0.05) is 18.2 Å². The van der Waals surface area contributed by atoms with E-state index in [9.17, 15) is 10.4 Å². The zero-order chi connectivity index (χ0) is 21.4. The van der Waals surface area contributed by atoms with Gasteiger partial charge in [-0.15, -0.1) is 0 Å². The number of fused-ring (bicyclic) bond motifs is 2. The second kappa shape index (κ2) is 7.89. The van der Waals surface area contributed by atoms with Crippen LogP contribution < -0.4 is 10.2 Å². The topological polar surface area (TPSA) is 94.3 Å². The molecule has 2 aliphatic heterocycles. The number of nitriles is 1. The van der Waals surface area contributed by atoms with Crippen molar-refractivity contribution in [3.05, 3.63) is 70.4 Å². The van der Waals surface area contributed by atoms with Crippen molar-refractivity contribution in [3.8, 4) is 11.8 Å². The molecule has 1 unspecified atom stereocenters. The maximum Gasteiger partial charge on any atom is 0.232 e. The molecule has 1 atom stereocenters. The molecule has 5 rings (SSSR count). The highest BCUT2D eigenvalue weighted by Gasteiger charge is 2.32. The van der Waals surface area contributed by atoms with Gasteiger partial charge in [-0.25, -0.2) is 4.98 Å². The number of hydrogen-bond acceptors (Lipinski definition) is 7. The third-order valence-corrected chi connectivity index (χ3v) is 5.87. The van der Waals surface area contributed by atoms with Crippen LogP contribution in [0.2, 0.25) is 0 Å². The van der Waals surface area contributed by atoms with Gasteiger partial charge in [-0.3, -0.25) is 0 Å². The summed E-state index contributed by atoms with van der Waals surface area (Å²) in [6, 6.07) is 15.4. The van der Waals surface area contributed by atoms with Gasteiger partial charge in [0.2, 0.25) is 5.95 Å². The SMILES string of the molecule is CC1Cc2c(C#N)cccc2N1c1nc2c(c(NCc3cccc(O)c3)n1)COCC2. The molecule has 3 heterocycles. The fourth-order valence-electron chi connectivity index (χ4n) is 4.37. The van der Waals surface area contributed by atoms with Gasteiger partial charge in [0.05, 0.1) is 30.5 Å². The molecule has 0 saturated heterocycles. The standard InChI is InChI=1S/C24H23N5O2/c1-15-10-19-17(12-25)5-3-7-22(19)29(15)24-27-21-8-9-31-14-20(21)23(28-24)26-13-16-4-2-6-18(30)11-16/h2-7,11,15,30H,8-10,13-14H2,1H3,(H,26,27,28). The molecule has 0 amide bonds. The maximum absolute atomic E-state index is 9.75. The first kappa shape index (κ1) is 19.3. The average molecular weight is 413 g/mol. The Bertz CT molecular complexity index is 1190. The van der Waals surface area contributed by atoms with E-state index in [1.807, 2.05) is 30.3 Å². The lowest BCUT2D eigenvalue weighted by atomic mass is 10.0. The monoisotopic (exact) mass is 413 g/mol. The molecule has 0 saturated carbocycles. The molecule has 3 aromatic rings. The summed E-state index contributed by atoms with van der Waals surface area (Å²) in [5.74, 6) is 1.63. The zero-order valence-corrected chi connectivity index (χ0v) is 17.3. The van der Waals surface area contributed by atoms with Crippen LogP contribution in [-0.2, 0) is 30.7 Å². The molecular weight excluding hydrogens is 390 g/mol. The lowest BCUT2D eigenvalue weighted by Crippen LogP contribution is -2.28. The van der Waals surface area contributed by atoms with Gasteiger partial charge in [0, 0.05) is 30.3 Å². The minimum absolute atomic E-state index is 0.154. The minimum Gasteiger partial charge on any atom is -0.508 e. The molecule has 156 valence electrons. The Morgan fingerprint density at radius 1 is 1.23 bits per heavy atom. The molecule has 2 aromatic carbocycles. The van der Waals surface area contributed by atoms with Crippen molar-refractivity contribution in [3.63, 3.8) is 0 Å². The van der Waals surface area contributed by atoms with E-state index in [2.05, 4.69) is 23.2 Å². The summed E-state index contributed by atoms with van der Waals surface area (Å²) >= 11 is 0. The van der Waals surface area contributed by atoms with E-state index < -0.39 is 0 Å². The van der Waals surface area contributed by atoms with Gasteiger partial charge in [0.1, 0.15) is 11.6 Å². The van der Waals surface area contributed by atoms with Crippen LogP contribution in [0.15, 0.2) is 42.5 Å². The Morgan fingerprint density at radius 3 is 2.94 bits per heavy atom. The van der Waals surface area contributed by atoms with E-state index in [1.165, 1.54) is 0 Å². The highest BCUT2D eigenvalue weighted by atomic mass is 16.5. The number of ether oxygens (including phenoxy) is 1. The number of hydrogen-bond donors (Lipinski definition) is 2. The van der Waals surface area contributed by atoms with Gasteiger partial charge in [0.15, 0.2) is 0 Å². The number of rotatable bonds is 4. The van der Waals surface area contributed by atoms with E-state index >= 15 is 0 Å². The quantitative estimate of drug-likeness (QED) is 0.671. The van der Waals surface area contributed by atoms with Crippen LogP contribution in [0.5, 0.6) is 5.75 Å². The number of aromatic nitrogens is 2. The predicted octanol–water partition coefficient (Wildman–Crippen LogP) is 3.82. The summed E-state index contributed by atoms with van der Waals surface area (Å²) in [6.45, 7) is 3.78.